The van der Waals surface area contributed by atoms with Crippen LogP contribution in [0.2, 0.25) is 0 Å². The predicted octanol–water partition coefficient (Wildman–Crippen LogP) is 2.95. The monoisotopic (exact) mass is 326 g/mol. The second-order valence-corrected chi connectivity index (χ2v) is 6.84. The number of hydrogen-bond donors (Lipinski definition) is 1. The Morgan fingerprint density at radius 2 is 2.26 bits per heavy atom. The SMILES string of the molecule is CC1CN(C(CN)c2cccc(Br)c2)CC(C)(C)O1. The van der Waals surface area contributed by atoms with E-state index in [1.807, 2.05) is 6.07 Å². The minimum atomic E-state index is -0.114. The van der Waals surface area contributed by atoms with Crippen LogP contribution in [-0.4, -0.2) is 36.2 Å². The maximum atomic E-state index is 6.02. The van der Waals surface area contributed by atoms with Gasteiger partial charge in [-0.05, 0) is 38.5 Å². The second-order valence-electron chi connectivity index (χ2n) is 5.92. The molecule has 1 aliphatic rings. The maximum Gasteiger partial charge on any atom is 0.0757 e. The molecule has 0 saturated carbocycles. The summed E-state index contributed by atoms with van der Waals surface area (Å²) in [6, 6.07) is 8.67. The number of nitrogens with zero attached hydrogens (tertiary/aromatic N) is 1. The van der Waals surface area contributed by atoms with Crippen molar-refractivity contribution >= 4 is 15.9 Å². The molecule has 3 nitrogen and oxygen atoms in total. The molecule has 1 saturated heterocycles. The van der Waals surface area contributed by atoms with Crippen LogP contribution >= 0.6 is 15.9 Å². The van der Waals surface area contributed by atoms with Crippen LogP contribution in [0.3, 0.4) is 0 Å². The highest BCUT2D eigenvalue weighted by Crippen LogP contribution is 2.29. The van der Waals surface area contributed by atoms with Crippen molar-refractivity contribution in [1.29, 1.82) is 0 Å². The topological polar surface area (TPSA) is 38.5 Å². The van der Waals surface area contributed by atoms with Gasteiger partial charge in [-0.25, -0.2) is 0 Å². The zero-order valence-electron chi connectivity index (χ0n) is 11.9. The third-order valence-corrected chi connectivity index (χ3v) is 3.99. The Morgan fingerprint density at radius 1 is 1.53 bits per heavy atom. The first-order valence-electron chi connectivity index (χ1n) is 6.79. The van der Waals surface area contributed by atoms with E-state index in [1.165, 1.54) is 5.56 Å². The van der Waals surface area contributed by atoms with Gasteiger partial charge >= 0.3 is 0 Å². The molecule has 0 amide bonds. The number of benzene rings is 1. The lowest BCUT2D eigenvalue weighted by atomic mass is 9.99. The van der Waals surface area contributed by atoms with Crippen LogP contribution in [-0.2, 0) is 4.74 Å². The lowest BCUT2D eigenvalue weighted by molar-refractivity contribution is -0.137. The van der Waals surface area contributed by atoms with E-state index in [0.717, 1.165) is 17.6 Å². The molecule has 0 aliphatic carbocycles. The summed E-state index contributed by atoms with van der Waals surface area (Å²) < 4.78 is 7.07. The Labute approximate surface area is 124 Å². The number of morpholine rings is 1. The standard InChI is InChI=1S/C15H23BrN2O/c1-11-9-18(10-15(2,3)19-11)14(8-17)12-5-4-6-13(16)7-12/h4-7,11,14H,8-10,17H2,1-3H3. The Balaban J connectivity index is 2.22. The van der Waals surface area contributed by atoms with Crippen molar-refractivity contribution in [3.05, 3.63) is 34.3 Å². The van der Waals surface area contributed by atoms with E-state index in [-0.39, 0.29) is 17.7 Å². The summed E-state index contributed by atoms with van der Waals surface area (Å²) in [4.78, 5) is 2.44. The highest BCUT2D eigenvalue weighted by molar-refractivity contribution is 9.10. The number of nitrogens with two attached hydrogens (primary N) is 1. The summed E-state index contributed by atoms with van der Waals surface area (Å²) in [6.45, 7) is 8.87. The highest BCUT2D eigenvalue weighted by atomic mass is 79.9. The molecule has 1 aliphatic heterocycles. The number of ether oxygens (including phenoxy) is 1. The fourth-order valence-electron chi connectivity index (χ4n) is 2.95. The van der Waals surface area contributed by atoms with Crippen molar-refractivity contribution in [2.75, 3.05) is 19.6 Å². The van der Waals surface area contributed by atoms with Crippen LogP contribution < -0.4 is 5.73 Å². The van der Waals surface area contributed by atoms with Gasteiger partial charge in [-0.2, -0.15) is 0 Å². The van der Waals surface area contributed by atoms with Gasteiger partial charge in [0.25, 0.3) is 0 Å². The van der Waals surface area contributed by atoms with Crippen molar-refractivity contribution in [1.82, 2.24) is 4.90 Å². The Kier molecular flexibility index (Phi) is 4.66. The van der Waals surface area contributed by atoms with Gasteiger partial charge in [0.15, 0.2) is 0 Å². The molecule has 2 N–H and O–H groups in total. The van der Waals surface area contributed by atoms with Crippen LogP contribution in [0.25, 0.3) is 0 Å². The molecule has 1 heterocycles. The summed E-state index contributed by atoms with van der Waals surface area (Å²) in [5.41, 5.74) is 7.17. The number of hydrogen-bond acceptors (Lipinski definition) is 3. The van der Waals surface area contributed by atoms with E-state index in [2.05, 4.69) is 59.8 Å². The molecule has 0 radical (unpaired) electrons. The predicted molar refractivity (Wildman–Crippen MR) is 82.1 cm³/mol. The molecule has 1 aromatic rings. The Hall–Kier alpha value is -0.420. The molecule has 19 heavy (non-hydrogen) atoms. The van der Waals surface area contributed by atoms with E-state index in [1.54, 1.807) is 0 Å². The zero-order chi connectivity index (χ0) is 14.0. The summed E-state index contributed by atoms with van der Waals surface area (Å²) >= 11 is 3.53. The summed E-state index contributed by atoms with van der Waals surface area (Å²) in [6.07, 6.45) is 0.241. The van der Waals surface area contributed by atoms with Crippen LogP contribution in [0.4, 0.5) is 0 Å². The molecule has 1 aromatic carbocycles. The lowest BCUT2D eigenvalue weighted by Crippen LogP contribution is -2.53. The van der Waals surface area contributed by atoms with Gasteiger partial charge in [0.2, 0.25) is 0 Å². The van der Waals surface area contributed by atoms with Crippen LogP contribution in [0.15, 0.2) is 28.7 Å². The van der Waals surface area contributed by atoms with E-state index in [9.17, 15) is 0 Å². The molecule has 0 spiro atoms. The molecular formula is C15H23BrN2O. The molecule has 106 valence electrons. The summed E-state index contributed by atoms with van der Waals surface area (Å²) in [7, 11) is 0. The maximum absolute atomic E-state index is 6.02. The minimum Gasteiger partial charge on any atom is -0.370 e. The van der Waals surface area contributed by atoms with E-state index in [4.69, 9.17) is 10.5 Å². The molecular weight excluding hydrogens is 304 g/mol. The fraction of sp³-hybridized carbons (Fsp3) is 0.600. The number of rotatable bonds is 3. The van der Waals surface area contributed by atoms with Gasteiger partial charge in [0.05, 0.1) is 11.7 Å². The Morgan fingerprint density at radius 3 is 2.84 bits per heavy atom. The molecule has 2 atom stereocenters. The lowest BCUT2D eigenvalue weighted by Gasteiger charge is -2.45. The molecule has 1 fully saturated rings. The minimum absolute atomic E-state index is 0.114. The third-order valence-electron chi connectivity index (χ3n) is 3.49. The first-order chi connectivity index (χ1) is 8.91. The largest absolute Gasteiger partial charge is 0.370 e. The van der Waals surface area contributed by atoms with Crippen molar-refractivity contribution in [2.24, 2.45) is 5.73 Å². The first-order valence-corrected chi connectivity index (χ1v) is 7.58. The smallest absolute Gasteiger partial charge is 0.0757 e. The van der Waals surface area contributed by atoms with Gasteiger partial charge in [0, 0.05) is 30.1 Å². The van der Waals surface area contributed by atoms with Crippen molar-refractivity contribution < 1.29 is 4.74 Å². The molecule has 0 aromatic heterocycles. The van der Waals surface area contributed by atoms with E-state index < -0.39 is 0 Å². The quantitative estimate of drug-likeness (QED) is 0.928. The van der Waals surface area contributed by atoms with Crippen molar-refractivity contribution in [3.63, 3.8) is 0 Å². The van der Waals surface area contributed by atoms with Crippen LogP contribution in [0.1, 0.15) is 32.4 Å². The zero-order valence-corrected chi connectivity index (χ0v) is 13.5. The van der Waals surface area contributed by atoms with Gasteiger partial charge in [-0.1, -0.05) is 28.1 Å². The average Bonchev–Trinajstić information content (AvgIpc) is 2.27. The van der Waals surface area contributed by atoms with Crippen LogP contribution in [0.5, 0.6) is 0 Å². The first kappa shape index (κ1) is 15.0. The van der Waals surface area contributed by atoms with Gasteiger partial charge in [0.1, 0.15) is 0 Å². The highest BCUT2D eigenvalue weighted by Gasteiger charge is 2.34. The second kappa shape index (κ2) is 5.92. The Bertz CT molecular complexity index is 436. The molecule has 2 rings (SSSR count). The molecule has 2 unspecified atom stereocenters. The summed E-state index contributed by atoms with van der Waals surface area (Å²) in [5.74, 6) is 0. The van der Waals surface area contributed by atoms with Gasteiger partial charge in [-0.3, -0.25) is 4.90 Å². The molecule has 0 bridgehead atoms. The third kappa shape index (κ3) is 3.78. The van der Waals surface area contributed by atoms with E-state index in [0.29, 0.717) is 6.54 Å². The fourth-order valence-corrected chi connectivity index (χ4v) is 3.37. The van der Waals surface area contributed by atoms with Crippen LogP contribution in [0, 0.1) is 0 Å². The van der Waals surface area contributed by atoms with Crippen molar-refractivity contribution in [2.45, 2.75) is 38.5 Å². The van der Waals surface area contributed by atoms with Gasteiger partial charge < -0.3 is 10.5 Å². The van der Waals surface area contributed by atoms with Crippen molar-refractivity contribution in [3.8, 4) is 0 Å². The summed E-state index contributed by atoms with van der Waals surface area (Å²) in [5, 5.41) is 0. The number of halogens is 1. The van der Waals surface area contributed by atoms with E-state index >= 15 is 0 Å². The normalized spacial score (nSPS) is 25.2. The average molecular weight is 327 g/mol. The molecule has 4 heteroatoms. The van der Waals surface area contributed by atoms with Gasteiger partial charge in [-0.15, -0.1) is 0 Å².